The lowest BCUT2D eigenvalue weighted by molar-refractivity contribution is 0.653. The molecule has 270 valence electrons. The minimum atomic E-state index is -0.0919. The number of furan rings is 1. The molecule has 2 heteroatoms. The van der Waals surface area contributed by atoms with Crippen molar-refractivity contribution in [2.24, 2.45) is 0 Å². The Kier molecular flexibility index (Phi) is 7.11. The van der Waals surface area contributed by atoms with Crippen molar-refractivity contribution in [1.82, 2.24) is 0 Å². The number of rotatable bonds is 5. The lowest BCUT2D eigenvalue weighted by Crippen LogP contribution is -2.16. The van der Waals surface area contributed by atoms with E-state index >= 15 is 0 Å². The number of anilines is 3. The van der Waals surface area contributed by atoms with Gasteiger partial charge in [-0.2, -0.15) is 0 Å². The minimum Gasteiger partial charge on any atom is -0.455 e. The Labute approximate surface area is 329 Å². The second-order valence-corrected chi connectivity index (χ2v) is 16.8. The van der Waals surface area contributed by atoms with Crippen LogP contribution in [-0.2, 0) is 10.8 Å². The summed E-state index contributed by atoms with van der Waals surface area (Å²) in [5, 5.41) is 2.32. The molecule has 7 aromatic carbocycles. The Balaban J connectivity index is 1.02. The third kappa shape index (κ3) is 4.75. The van der Waals surface area contributed by atoms with Gasteiger partial charge >= 0.3 is 0 Å². The number of fused-ring (bicyclic) bond motifs is 10. The smallest absolute Gasteiger partial charge is 0.143 e. The first-order valence-electron chi connectivity index (χ1n) is 20.0. The van der Waals surface area contributed by atoms with Crippen molar-refractivity contribution in [3.8, 4) is 33.4 Å². The van der Waals surface area contributed by atoms with Crippen molar-refractivity contribution in [3.63, 3.8) is 0 Å². The van der Waals surface area contributed by atoms with Gasteiger partial charge in [0.15, 0.2) is 0 Å². The molecule has 0 amide bonds. The van der Waals surface area contributed by atoms with E-state index in [1.165, 1.54) is 55.5 Å². The number of benzene rings is 7. The van der Waals surface area contributed by atoms with E-state index < -0.39 is 0 Å². The molecule has 3 aliphatic carbocycles. The third-order valence-electron chi connectivity index (χ3n) is 13.0. The first kappa shape index (κ1) is 33.0. The van der Waals surface area contributed by atoms with E-state index in [2.05, 4.69) is 202 Å². The maximum Gasteiger partial charge on any atom is 0.143 e. The van der Waals surface area contributed by atoms with E-state index in [0.717, 1.165) is 51.2 Å². The van der Waals surface area contributed by atoms with Crippen molar-refractivity contribution >= 4 is 39.0 Å². The standard InChI is InChI=1S/C54H43NO/c1-53(2)47-20-11-9-16-45(47)50-48(53)32-31-44-43-18-12-17-40(51(43)56-52(44)50)36-23-27-38(28-24-36)55(37-25-21-35(22-26-37)34-13-6-5-7-14-34)39-29-30-42-41-15-8-10-19-46(41)54(3,4)49(42)33-39/h5-13,15-34H,14H2,1-4H3. The predicted octanol–water partition coefficient (Wildman–Crippen LogP) is 14.9. The molecule has 1 heterocycles. The zero-order chi connectivity index (χ0) is 37.8. The van der Waals surface area contributed by atoms with E-state index in [9.17, 15) is 0 Å². The molecule has 0 bridgehead atoms. The van der Waals surface area contributed by atoms with Crippen LogP contribution in [0.5, 0.6) is 0 Å². The first-order chi connectivity index (χ1) is 27.3. The fourth-order valence-corrected chi connectivity index (χ4v) is 10.0. The van der Waals surface area contributed by atoms with E-state index in [0.29, 0.717) is 5.92 Å². The van der Waals surface area contributed by atoms with Crippen LogP contribution in [0.1, 0.15) is 67.9 Å². The van der Waals surface area contributed by atoms with Crippen molar-refractivity contribution in [3.05, 3.63) is 198 Å². The lowest BCUT2D eigenvalue weighted by Gasteiger charge is -2.28. The van der Waals surface area contributed by atoms with E-state index in [4.69, 9.17) is 4.42 Å². The second kappa shape index (κ2) is 12.1. The molecule has 2 nitrogen and oxygen atoms in total. The van der Waals surface area contributed by atoms with E-state index in [1.807, 2.05) is 0 Å². The Bertz CT molecular complexity index is 2930. The minimum absolute atomic E-state index is 0.0766. The van der Waals surface area contributed by atoms with Crippen molar-refractivity contribution in [1.29, 1.82) is 0 Å². The van der Waals surface area contributed by atoms with Gasteiger partial charge in [-0.25, -0.2) is 0 Å². The van der Waals surface area contributed by atoms with Crippen LogP contribution in [0.25, 0.3) is 55.3 Å². The van der Waals surface area contributed by atoms with E-state index in [-0.39, 0.29) is 10.8 Å². The fraction of sp³-hybridized carbons (Fsp3) is 0.148. The van der Waals surface area contributed by atoms with Gasteiger partial charge in [0.05, 0.1) is 0 Å². The highest BCUT2D eigenvalue weighted by Crippen LogP contribution is 2.54. The zero-order valence-electron chi connectivity index (χ0n) is 32.3. The van der Waals surface area contributed by atoms with Gasteiger partial charge in [-0.05, 0) is 92.9 Å². The first-order valence-corrected chi connectivity index (χ1v) is 20.0. The number of allylic oxidation sites excluding steroid dienone is 4. The van der Waals surface area contributed by atoms with Gasteiger partial charge in [-0.15, -0.1) is 0 Å². The monoisotopic (exact) mass is 721 g/mol. The molecular weight excluding hydrogens is 679 g/mol. The lowest BCUT2D eigenvalue weighted by atomic mass is 9.82. The molecule has 0 aliphatic heterocycles. The molecular formula is C54H43NO. The van der Waals surface area contributed by atoms with Gasteiger partial charge in [0.2, 0.25) is 0 Å². The normalized spacial score (nSPS) is 16.8. The van der Waals surface area contributed by atoms with Crippen LogP contribution >= 0.6 is 0 Å². The van der Waals surface area contributed by atoms with Crippen LogP contribution in [0, 0.1) is 0 Å². The average Bonchev–Trinajstić information content (AvgIpc) is 3.82. The van der Waals surface area contributed by atoms with Crippen LogP contribution in [0.4, 0.5) is 17.1 Å². The van der Waals surface area contributed by atoms with Crippen LogP contribution < -0.4 is 4.90 Å². The summed E-state index contributed by atoms with van der Waals surface area (Å²) in [6.07, 6.45) is 9.91. The van der Waals surface area contributed by atoms with Gasteiger partial charge in [0, 0.05) is 55.7 Å². The van der Waals surface area contributed by atoms with Gasteiger partial charge in [-0.1, -0.05) is 161 Å². The van der Waals surface area contributed by atoms with Crippen molar-refractivity contribution in [2.75, 3.05) is 4.90 Å². The summed E-state index contributed by atoms with van der Waals surface area (Å²) in [4.78, 5) is 2.41. The molecule has 0 fully saturated rings. The van der Waals surface area contributed by atoms with Gasteiger partial charge in [0.25, 0.3) is 0 Å². The molecule has 1 aromatic heterocycles. The van der Waals surface area contributed by atoms with Gasteiger partial charge in [0.1, 0.15) is 11.2 Å². The Morgan fingerprint density at radius 2 is 1.12 bits per heavy atom. The van der Waals surface area contributed by atoms with Crippen LogP contribution in [-0.4, -0.2) is 0 Å². The number of para-hydroxylation sites is 1. The van der Waals surface area contributed by atoms with Crippen LogP contribution in [0.3, 0.4) is 0 Å². The highest BCUT2D eigenvalue weighted by molar-refractivity contribution is 6.14. The van der Waals surface area contributed by atoms with Crippen LogP contribution in [0.15, 0.2) is 174 Å². The molecule has 8 aromatic rings. The highest BCUT2D eigenvalue weighted by Gasteiger charge is 2.38. The largest absolute Gasteiger partial charge is 0.455 e. The summed E-state index contributed by atoms with van der Waals surface area (Å²) in [6.45, 7) is 9.36. The number of hydrogen-bond donors (Lipinski definition) is 0. The molecule has 0 spiro atoms. The average molecular weight is 722 g/mol. The van der Waals surface area contributed by atoms with Crippen LogP contribution in [0.2, 0.25) is 0 Å². The maximum absolute atomic E-state index is 6.98. The topological polar surface area (TPSA) is 16.4 Å². The molecule has 0 saturated heterocycles. The Hall–Kier alpha value is -6.38. The maximum atomic E-state index is 6.98. The highest BCUT2D eigenvalue weighted by atomic mass is 16.3. The van der Waals surface area contributed by atoms with Crippen molar-refractivity contribution < 1.29 is 4.42 Å². The quantitative estimate of drug-likeness (QED) is 0.176. The number of nitrogens with zero attached hydrogens (tertiary/aromatic N) is 1. The predicted molar refractivity (Wildman–Crippen MR) is 235 cm³/mol. The summed E-state index contributed by atoms with van der Waals surface area (Å²) in [5.74, 6) is 0.407. The summed E-state index contributed by atoms with van der Waals surface area (Å²) in [6, 6.07) is 54.1. The number of hydrogen-bond acceptors (Lipinski definition) is 2. The third-order valence-corrected chi connectivity index (χ3v) is 13.0. The van der Waals surface area contributed by atoms with Gasteiger partial charge in [-0.3, -0.25) is 0 Å². The Morgan fingerprint density at radius 3 is 1.88 bits per heavy atom. The summed E-state index contributed by atoms with van der Waals surface area (Å²) in [5.41, 5.74) is 19.4. The molecule has 1 atom stereocenters. The van der Waals surface area contributed by atoms with Gasteiger partial charge < -0.3 is 9.32 Å². The summed E-state index contributed by atoms with van der Waals surface area (Å²) < 4.78 is 6.98. The zero-order valence-corrected chi connectivity index (χ0v) is 32.3. The fourth-order valence-electron chi connectivity index (χ4n) is 10.0. The van der Waals surface area contributed by atoms with E-state index in [1.54, 1.807) is 0 Å². The molecule has 56 heavy (non-hydrogen) atoms. The van der Waals surface area contributed by atoms with Crippen molar-refractivity contribution in [2.45, 2.75) is 50.9 Å². The summed E-state index contributed by atoms with van der Waals surface area (Å²) in [7, 11) is 0. The second-order valence-electron chi connectivity index (χ2n) is 16.8. The molecule has 0 saturated carbocycles. The molecule has 3 aliphatic rings. The molecule has 1 unspecified atom stereocenters. The summed E-state index contributed by atoms with van der Waals surface area (Å²) >= 11 is 0. The SMILES string of the molecule is CC1(C)c2ccccc2-c2ccc(N(c3ccc(-c4cccc5c4oc4c6c(ccc45)C(C)(C)c4ccccc4-6)cc3)c3ccc(C4C=CC=CC4)cc3)cc21. The molecule has 0 N–H and O–H groups in total. The molecule has 0 radical (unpaired) electrons. The Morgan fingerprint density at radius 1 is 0.500 bits per heavy atom. The molecule has 11 rings (SSSR count).